The molecule has 1 rings (SSSR count). The molecule has 1 heterocycles. The summed E-state index contributed by atoms with van der Waals surface area (Å²) in [4.78, 5) is 21.2. The van der Waals surface area contributed by atoms with Crippen LogP contribution in [0.1, 0.15) is 16.9 Å². The fourth-order valence-corrected chi connectivity index (χ4v) is 1.15. The van der Waals surface area contributed by atoms with Crippen molar-refractivity contribution in [2.24, 2.45) is 0 Å². The maximum atomic E-state index is 11.6. The van der Waals surface area contributed by atoms with Crippen molar-refractivity contribution in [1.29, 1.82) is 0 Å². The van der Waals surface area contributed by atoms with Crippen molar-refractivity contribution in [3.05, 3.63) is 24.3 Å². The number of ketones is 1. The second-order valence-corrected chi connectivity index (χ2v) is 3.29. The Labute approximate surface area is 88.8 Å². The van der Waals surface area contributed by atoms with Gasteiger partial charge in [-0.1, -0.05) is 0 Å². The van der Waals surface area contributed by atoms with Crippen molar-refractivity contribution in [2.45, 2.75) is 6.42 Å². The molecule has 82 valence electrons. The zero-order valence-corrected chi connectivity index (χ0v) is 8.76. The lowest BCUT2D eigenvalue weighted by molar-refractivity contribution is 0.0959. The number of aromatic nitrogens is 2. The summed E-state index contributed by atoms with van der Waals surface area (Å²) >= 11 is 0. The minimum absolute atomic E-state index is 0.0205. The van der Waals surface area contributed by atoms with Gasteiger partial charge >= 0.3 is 0 Å². The molecular formula is C10H15N3O2. The molecule has 0 amide bonds. The number of Topliss-reactive ketones (excluding diaryl/α,β-unsaturated/α-hetero) is 1. The molecule has 0 spiro atoms. The van der Waals surface area contributed by atoms with Gasteiger partial charge in [0.05, 0.1) is 12.8 Å². The highest BCUT2D eigenvalue weighted by Crippen LogP contribution is 1.98. The molecular weight excluding hydrogens is 194 g/mol. The van der Waals surface area contributed by atoms with Crippen LogP contribution < -0.4 is 0 Å². The number of aliphatic hydroxyl groups excluding tert-OH is 1. The van der Waals surface area contributed by atoms with Gasteiger partial charge in [-0.15, -0.1) is 0 Å². The lowest BCUT2D eigenvalue weighted by Gasteiger charge is -2.13. The van der Waals surface area contributed by atoms with Gasteiger partial charge in [-0.25, -0.2) is 4.98 Å². The molecule has 0 aromatic carbocycles. The maximum Gasteiger partial charge on any atom is 0.184 e. The van der Waals surface area contributed by atoms with Gasteiger partial charge < -0.3 is 10.0 Å². The van der Waals surface area contributed by atoms with Crippen LogP contribution in [0.2, 0.25) is 0 Å². The zero-order chi connectivity index (χ0) is 11.1. The summed E-state index contributed by atoms with van der Waals surface area (Å²) in [6.07, 6.45) is 4.91. The van der Waals surface area contributed by atoms with Crippen LogP contribution in [0, 0.1) is 0 Å². The molecule has 0 aliphatic heterocycles. The van der Waals surface area contributed by atoms with E-state index in [-0.39, 0.29) is 12.4 Å². The van der Waals surface area contributed by atoms with E-state index in [1.807, 2.05) is 11.9 Å². The van der Waals surface area contributed by atoms with E-state index in [4.69, 9.17) is 5.11 Å². The maximum absolute atomic E-state index is 11.6. The second-order valence-electron chi connectivity index (χ2n) is 3.29. The predicted octanol–water partition coefficient (Wildman–Crippen LogP) is -0.0265. The van der Waals surface area contributed by atoms with Gasteiger partial charge in [0.25, 0.3) is 0 Å². The fraction of sp³-hybridized carbons (Fsp3) is 0.500. The Bertz CT molecular complexity index is 303. The Morgan fingerprint density at radius 3 is 2.87 bits per heavy atom. The van der Waals surface area contributed by atoms with E-state index >= 15 is 0 Å². The Balaban J connectivity index is 2.37. The SMILES string of the molecule is CN(CCO)CCC(=O)c1cnccn1. The Morgan fingerprint density at radius 2 is 2.27 bits per heavy atom. The van der Waals surface area contributed by atoms with Crippen LogP contribution in [0.15, 0.2) is 18.6 Å². The lowest BCUT2D eigenvalue weighted by atomic mass is 10.2. The third kappa shape index (κ3) is 4.14. The standard InChI is InChI=1S/C10H15N3O2/c1-13(6-7-14)5-2-10(15)9-8-11-3-4-12-9/h3-4,8,14H,2,5-7H2,1H3. The predicted molar refractivity (Wildman–Crippen MR) is 55.6 cm³/mol. The molecule has 0 bridgehead atoms. The minimum atomic E-state index is -0.0205. The summed E-state index contributed by atoms with van der Waals surface area (Å²) < 4.78 is 0. The number of nitrogens with zero attached hydrogens (tertiary/aromatic N) is 3. The molecule has 5 heteroatoms. The first-order chi connectivity index (χ1) is 7.24. The van der Waals surface area contributed by atoms with E-state index in [2.05, 4.69) is 9.97 Å². The first kappa shape index (κ1) is 11.7. The van der Waals surface area contributed by atoms with Crippen LogP contribution >= 0.6 is 0 Å². The largest absolute Gasteiger partial charge is 0.395 e. The van der Waals surface area contributed by atoms with Crippen molar-refractivity contribution in [3.8, 4) is 0 Å². The van der Waals surface area contributed by atoms with Gasteiger partial charge in [-0.2, -0.15) is 0 Å². The summed E-state index contributed by atoms with van der Waals surface area (Å²) in [5.41, 5.74) is 0.398. The van der Waals surface area contributed by atoms with Crippen LogP contribution in [0.4, 0.5) is 0 Å². The first-order valence-corrected chi connectivity index (χ1v) is 4.82. The molecule has 1 aromatic rings. The highest BCUT2D eigenvalue weighted by molar-refractivity contribution is 5.93. The van der Waals surface area contributed by atoms with Crippen LogP contribution in [0.5, 0.6) is 0 Å². The molecule has 0 aliphatic rings. The van der Waals surface area contributed by atoms with E-state index in [1.54, 1.807) is 0 Å². The second kappa shape index (κ2) is 6.21. The monoisotopic (exact) mass is 209 g/mol. The molecule has 0 aliphatic carbocycles. The number of hydrogen-bond acceptors (Lipinski definition) is 5. The fourth-order valence-electron chi connectivity index (χ4n) is 1.15. The van der Waals surface area contributed by atoms with Crippen LogP contribution in [0.3, 0.4) is 0 Å². The average Bonchev–Trinajstić information content (AvgIpc) is 2.27. The quantitative estimate of drug-likeness (QED) is 0.667. The summed E-state index contributed by atoms with van der Waals surface area (Å²) in [6, 6.07) is 0. The van der Waals surface area contributed by atoms with E-state index in [0.29, 0.717) is 25.2 Å². The topological polar surface area (TPSA) is 66.3 Å². The average molecular weight is 209 g/mol. The third-order valence-electron chi connectivity index (χ3n) is 2.05. The molecule has 1 aromatic heterocycles. The summed E-state index contributed by atoms with van der Waals surface area (Å²) in [5, 5.41) is 8.67. The highest BCUT2D eigenvalue weighted by Gasteiger charge is 2.08. The van der Waals surface area contributed by atoms with E-state index < -0.39 is 0 Å². The smallest absolute Gasteiger partial charge is 0.184 e. The first-order valence-electron chi connectivity index (χ1n) is 4.82. The van der Waals surface area contributed by atoms with E-state index in [0.717, 1.165) is 0 Å². The Kier molecular flexibility index (Phi) is 4.86. The van der Waals surface area contributed by atoms with Gasteiger partial charge in [0.2, 0.25) is 0 Å². The van der Waals surface area contributed by atoms with Gasteiger partial charge in [-0.05, 0) is 7.05 Å². The van der Waals surface area contributed by atoms with Crippen molar-refractivity contribution in [3.63, 3.8) is 0 Å². The van der Waals surface area contributed by atoms with Crippen molar-refractivity contribution in [1.82, 2.24) is 14.9 Å². The van der Waals surface area contributed by atoms with Crippen molar-refractivity contribution >= 4 is 5.78 Å². The molecule has 0 fully saturated rings. The van der Waals surface area contributed by atoms with Crippen molar-refractivity contribution < 1.29 is 9.90 Å². The van der Waals surface area contributed by atoms with Gasteiger partial charge in [-0.3, -0.25) is 9.78 Å². The van der Waals surface area contributed by atoms with Gasteiger partial charge in [0, 0.05) is 31.9 Å². The summed E-state index contributed by atoms with van der Waals surface area (Å²) in [7, 11) is 1.86. The number of likely N-dealkylation sites (N-methyl/N-ethyl adjacent to an activating group) is 1. The van der Waals surface area contributed by atoms with Crippen LogP contribution in [-0.4, -0.2) is 52.5 Å². The summed E-state index contributed by atoms with van der Waals surface area (Å²) in [6.45, 7) is 1.31. The Hall–Kier alpha value is -1.33. The number of rotatable bonds is 6. The summed E-state index contributed by atoms with van der Waals surface area (Å²) in [5.74, 6) is -0.0205. The van der Waals surface area contributed by atoms with Gasteiger partial charge in [0.1, 0.15) is 5.69 Å². The van der Waals surface area contributed by atoms with Crippen LogP contribution in [-0.2, 0) is 0 Å². The number of aliphatic hydroxyl groups is 1. The minimum Gasteiger partial charge on any atom is -0.395 e. The molecule has 0 saturated carbocycles. The molecule has 5 nitrogen and oxygen atoms in total. The third-order valence-corrected chi connectivity index (χ3v) is 2.05. The van der Waals surface area contributed by atoms with Crippen LogP contribution in [0.25, 0.3) is 0 Å². The number of carbonyl (C=O) groups is 1. The molecule has 15 heavy (non-hydrogen) atoms. The lowest BCUT2D eigenvalue weighted by Crippen LogP contribution is -2.25. The number of hydrogen-bond donors (Lipinski definition) is 1. The van der Waals surface area contributed by atoms with Gasteiger partial charge in [0.15, 0.2) is 5.78 Å². The van der Waals surface area contributed by atoms with Crippen molar-refractivity contribution in [2.75, 3.05) is 26.7 Å². The van der Waals surface area contributed by atoms with E-state index in [9.17, 15) is 4.79 Å². The zero-order valence-electron chi connectivity index (χ0n) is 8.76. The Morgan fingerprint density at radius 1 is 1.47 bits per heavy atom. The molecule has 1 N–H and O–H groups in total. The molecule has 0 unspecified atom stereocenters. The van der Waals surface area contributed by atoms with E-state index in [1.165, 1.54) is 18.6 Å². The molecule has 0 atom stereocenters. The number of carbonyl (C=O) groups excluding carboxylic acids is 1. The normalized spacial score (nSPS) is 10.6. The highest BCUT2D eigenvalue weighted by atomic mass is 16.3. The molecule has 0 radical (unpaired) electrons. The molecule has 0 saturated heterocycles.